The van der Waals surface area contributed by atoms with Crippen LogP contribution in [0, 0.1) is 5.82 Å². The molecule has 0 radical (unpaired) electrons. The molecule has 1 unspecified atom stereocenters. The van der Waals surface area contributed by atoms with E-state index in [0.717, 1.165) is 5.56 Å². The molecule has 21 heavy (non-hydrogen) atoms. The third-order valence-corrected chi connectivity index (χ3v) is 3.81. The first-order valence-electron chi connectivity index (χ1n) is 6.56. The Hall–Kier alpha value is -1.88. The zero-order valence-electron chi connectivity index (χ0n) is 11.6. The molecular formula is C16H16BrFN2O. The standard InChI is InChI=1S/C16H16BrFN2O/c1-10(11-2-4-12(19)5-3-11)8-16(21)20-13-6-7-15(18)14(17)9-13/h2-7,9-10H,8,19H2,1H3,(H,20,21). The van der Waals surface area contributed by atoms with Crippen LogP contribution >= 0.6 is 15.9 Å². The quantitative estimate of drug-likeness (QED) is 0.807. The molecule has 0 saturated carbocycles. The van der Waals surface area contributed by atoms with Gasteiger partial charge in [-0.1, -0.05) is 19.1 Å². The van der Waals surface area contributed by atoms with E-state index in [1.807, 2.05) is 31.2 Å². The zero-order valence-corrected chi connectivity index (χ0v) is 13.2. The second-order valence-corrected chi connectivity index (χ2v) is 5.80. The molecule has 5 heteroatoms. The van der Waals surface area contributed by atoms with Gasteiger partial charge in [-0.3, -0.25) is 4.79 Å². The van der Waals surface area contributed by atoms with Crippen LogP contribution in [0.25, 0.3) is 0 Å². The van der Waals surface area contributed by atoms with Crippen molar-refractivity contribution in [3.63, 3.8) is 0 Å². The number of nitrogen functional groups attached to an aromatic ring is 1. The SMILES string of the molecule is CC(CC(=O)Nc1ccc(F)c(Br)c1)c1ccc(N)cc1. The second-order valence-electron chi connectivity index (χ2n) is 4.95. The van der Waals surface area contributed by atoms with Crippen LogP contribution in [-0.2, 0) is 4.79 Å². The number of hydrogen-bond acceptors (Lipinski definition) is 2. The smallest absolute Gasteiger partial charge is 0.224 e. The fourth-order valence-electron chi connectivity index (χ4n) is 2.01. The number of nitrogens with two attached hydrogens (primary N) is 1. The Balaban J connectivity index is 1.97. The van der Waals surface area contributed by atoms with Gasteiger partial charge < -0.3 is 11.1 Å². The van der Waals surface area contributed by atoms with Gasteiger partial charge in [-0.15, -0.1) is 0 Å². The maximum absolute atomic E-state index is 13.1. The van der Waals surface area contributed by atoms with Gasteiger partial charge in [-0.25, -0.2) is 4.39 Å². The minimum absolute atomic E-state index is 0.0782. The number of carbonyl (C=O) groups is 1. The van der Waals surface area contributed by atoms with E-state index in [1.165, 1.54) is 12.1 Å². The minimum Gasteiger partial charge on any atom is -0.399 e. The summed E-state index contributed by atoms with van der Waals surface area (Å²) in [6.45, 7) is 1.98. The van der Waals surface area contributed by atoms with Crippen molar-refractivity contribution in [3.8, 4) is 0 Å². The molecule has 0 aliphatic rings. The van der Waals surface area contributed by atoms with Crippen LogP contribution in [0.5, 0.6) is 0 Å². The third-order valence-electron chi connectivity index (χ3n) is 3.20. The van der Waals surface area contributed by atoms with Gasteiger partial charge >= 0.3 is 0 Å². The van der Waals surface area contributed by atoms with Crippen LogP contribution in [0.2, 0.25) is 0 Å². The second kappa shape index (κ2) is 6.72. The molecule has 0 fully saturated rings. The first-order chi connectivity index (χ1) is 9.95. The molecule has 0 saturated heterocycles. The van der Waals surface area contributed by atoms with Crippen molar-refractivity contribution in [2.75, 3.05) is 11.1 Å². The summed E-state index contributed by atoms with van der Waals surface area (Å²) in [6, 6.07) is 11.9. The van der Waals surface area contributed by atoms with Crippen molar-refractivity contribution < 1.29 is 9.18 Å². The summed E-state index contributed by atoms with van der Waals surface area (Å²) in [7, 11) is 0. The first kappa shape index (κ1) is 15.5. The Kier molecular flexibility index (Phi) is 4.96. The molecule has 0 bridgehead atoms. The van der Waals surface area contributed by atoms with Crippen LogP contribution < -0.4 is 11.1 Å². The molecule has 1 amide bonds. The number of nitrogens with one attached hydrogen (secondary N) is 1. The molecule has 0 aliphatic heterocycles. The molecule has 3 nitrogen and oxygen atoms in total. The number of rotatable bonds is 4. The lowest BCUT2D eigenvalue weighted by Gasteiger charge is -2.12. The van der Waals surface area contributed by atoms with E-state index < -0.39 is 0 Å². The van der Waals surface area contributed by atoms with Crippen LogP contribution in [0.15, 0.2) is 46.9 Å². The summed E-state index contributed by atoms with van der Waals surface area (Å²) in [5, 5.41) is 2.76. The molecule has 0 aromatic heterocycles. The molecule has 110 valence electrons. The predicted molar refractivity (Wildman–Crippen MR) is 86.6 cm³/mol. The fourth-order valence-corrected chi connectivity index (χ4v) is 2.39. The van der Waals surface area contributed by atoms with E-state index in [0.29, 0.717) is 22.3 Å². The number of anilines is 2. The lowest BCUT2D eigenvalue weighted by molar-refractivity contribution is -0.116. The highest BCUT2D eigenvalue weighted by atomic mass is 79.9. The van der Waals surface area contributed by atoms with Gasteiger partial charge in [0.25, 0.3) is 0 Å². The summed E-state index contributed by atoms with van der Waals surface area (Å²) in [5.74, 6) is -0.393. The summed E-state index contributed by atoms with van der Waals surface area (Å²) >= 11 is 3.09. The van der Waals surface area contributed by atoms with Gasteiger partial charge in [-0.05, 0) is 57.7 Å². The average Bonchev–Trinajstić information content (AvgIpc) is 2.43. The summed E-state index contributed by atoms with van der Waals surface area (Å²) < 4.78 is 13.5. The molecular weight excluding hydrogens is 335 g/mol. The van der Waals surface area contributed by atoms with E-state index in [-0.39, 0.29) is 17.6 Å². The van der Waals surface area contributed by atoms with E-state index in [9.17, 15) is 9.18 Å². The van der Waals surface area contributed by atoms with Gasteiger partial charge in [0.05, 0.1) is 4.47 Å². The average molecular weight is 351 g/mol. The predicted octanol–water partition coefficient (Wildman–Crippen LogP) is 4.30. The van der Waals surface area contributed by atoms with Crippen LogP contribution in [0.4, 0.5) is 15.8 Å². The third kappa shape index (κ3) is 4.29. The highest BCUT2D eigenvalue weighted by Gasteiger charge is 2.12. The van der Waals surface area contributed by atoms with E-state index >= 15 is 0 Å². The molecule has 0 heterocycles. The number of benzene rings is 2. The minimum atomic E-state index is -0.358. The van der Waals surface area contributed by atoms with Crippen LogP contribution in [0.3, 0.4) is 0 Å². The topological polar surface area (TPSA) is 55.1 Å². The van der Waals surface area contributed by atoms with Crippen molar-refractivity contribution in [2.24, 2.45) is 0 Å². The van der Waals surface area contributed by atoms with Gasteiger partial charge in [-0.2, -0.15) is 0 Å². The summed E-state index contributed by atoms with van der Waals surface area (Å²) in [5.41, 5.74) is 7.97. The number of amides is 1. The van der Waals surface area contributed by atoms with Crippen LogP contribution in [0.1, 0.15) is 24.8 Å². The molecule has 2 rings (SSSR count). The molecule has 0 aliphatic carbocycles. The maximum Gasteiger partial charge on any atom is 0.224 e. The Bertz CT molecular complexity index is 643. The highest BCUT2D eigenvalue weighted by Crippen LogP contribution is 2.23. The van der Waals surface area contributed by atoms with Gasteiger partial charge in [0.1, 0.15) is 5.82 Å². The monoisotopic (exact) mass is 350 g/mol. The largest absolute Gasteiger partial charge is 0.399 e. The van der Waals surface area contributed by atoms with Crippen molar-refractivity contribution >= 4 is 33.2 Å². The number of carbonyl (C=O) groups excluding carboxylic acids is 1. The van der Waals surface area contributed by atoms with Crippen LogP contribution in [-0.4, -0.2) is 5.91 Å². The highest BCUT2D eigenvalue weighted by molar-refractivity contribution is 9.10. The number of halogens is 2. The normalized spacial score (nSPS) is 12.0. The Morgan fingerprint density at radius 2 is 1.95 bits per heavy atom. The molecule has 0 spiro atoms. The molecule has 2 aromatic carbocycles. The maximum atomic E-state index is 13.1. The molecule has 1 atom stereocenters. The Morgan fingerprint density at radius 1 is 1.29 bits per heavy atom. The number of hydrogen-bond donors (Lipinski definition) is 2. The Labute approximate surface area is 131 Å². The zero-order chi connectivity index (χ0) is 15.4. The van der Waals surface area contributed by atoms with E-state index in [1.54, 1.807) is 6.07 Å². The van der Waals surface area contributed by atoms with Crippen molar-refractivity contribution in [1.82, 2.24) is 0 Å². The van der Waals surface area contributed by atoms with Crippen molar-refractivity contribution in [3.05, 3.63) is 58.3 Å². The van der Waals surface area contributed by atoms with Crippen molar-refractivity contribution in [1.29, 1.82) is 0 Å². The molecule has 3 N–H and O–H groups in total. The first-order valence-corrected chi connectivity index (χ1v) is 7.35. The lowest BCUT2D eigenvalue weighted by Crippen LogP contribution is -2.14. The lowest BCUT2D eigenvalue weighted by atomic mass is 9.97. The van der Waals surface area contributed by atoms with E-state index in [4.69, 9.17) is 5.73 Å². The van der Waals surface area contributed by atoms with E-state index in [2.05, 4.69) is 21.2 Å². The Morgan fingerprint density at radius 3 is 2.57 bits per heavy atom. The fraction of sp³-hybridized carbons (Fsp3) is 0.188. The van der Waals surface area contributed by atoms with Gasteiger partial charge in [0.15, 0.2) is 0 Å². The summed E-state index contributed by atoms with van der Waals surface area (Å²) in [6.07, 6.45) is 0.346. The van der Waals surface area contributed by atoms with Crippen molar-refractivity contribution in [2.45, 2.75) is 19.3 Å². The molecule has 2 aromatic rings. The van der Waals surface area contributed by atoms with Gasteiger partial charge in [0, 0.05) is 17.8 Å². The summed E-state index contributed by atoms with van der Waals surface area (Å²) in [4.78, 5) is 12.0. The van der Waals surface area contributed by atoms with Gasteiger partial charge in [0.2, 0.25) is 5.91 Å².